The van der Waals surface area contributed by atoms with E-state index in [-0.39, 0.29) is 5.91 Å². The summed E-state index contributed by atoms with van der Waals surface area (Å²) in [6.45, 7) is 5.54. The Labute approximate surface area is 155 Å². The number of hydrogen-bond donors (Lipinski definition) is 1. The highest BCUT2D eigenvalue weighted by Crippen LogP contribution is 2.24. The molecule has 138 valence electrons. The van der Waals surface area contributed by atoms with Gasteiger partial charge in [-0.1, -0.05) is 44.5 Å². The molecule has 26 heavy (non-hydrogen) atoms. The monoisotopic (exact) mass is 353 g/mol. The van der Waals surface area contributed by atoms with Gasteiger partial charge in [-0.15, -0.1) is 0 Å². The second-order valence-corrected chi connectivity index (χ2v) is 5.94. The van der Waals surface area contributed by atoms with Crippen LogP contribution in [-0.2, 0) is 4.79 Å². The number of benzene rings is 2. The lowest BCUT2D eigenvalue weighted by Gasteiger charge is -2.11. The van der Waals surface area contributed by atoms with Gasteiger partial charge in [0.1, 0.15) is 11.5 Å². The molecule has 0 bridgehead atoms. The molecule has 0 heterocycles. The topological polar surface area (TPSA) is 47.6 Å². The van der Waals surface area contributed by atoms with E-state index >= 15 is 0 Å². The van der Waals surface area contributed by atoms with E-state index in [4.69, 9.17) is 9.47 Å². The van der Waals surface area contributed by atoms with Crippen LogP contribution in [0.3, 0.4) is 0 Å². The fraction of sp³-hybridized carbons (Fsp3) is 0.318. The molecule has 0 aliphatic carbocycles. The van der Waals surface area contributed by atoms with Crippen LogP contribution in [0.1, 0.15) is 38.7 Å². The maximum atomic E-state index is 12.2. The summed E-state index contributed by atoms with van der Waals surface area (Å²) < 4.78 is 11.3. The van der Waals surface area contributed by atoms with E-state index in [1.54, 1.807) is 6.08 Å². The fourth-order valence-electron chi connectivity index (χ4n) is 2.26. The Balaban J connectivity index is 1.92. The van der Waals surface area contributed by atoms with E-state index in [1.807, 2.05) is 48.5 Å². The van der Waals surface area contributed by atoms with Crippen molar-refractivity contribution in [3.63, 3.8) is 0 Å². The van der Waals surface area contributed by atoms with E-state index in [9.17, 15) is 4.79 Å². The van der Waals surface area contributed by atoms with Crippen molar-refractivity contribution >= 4 is 17.7 Å². The zero-order valence-electron chi connectivity index (χ0n) is 15.5. The molecule has 0 aliphatic rings. The molecule has 4 heteroatoms. The number of anilines is 1. The molecule has 1 N–H and O–H groups in total. The van der Waals surface area contributed by atoms with Gasteiger partial charge in [-0.2, -0.15) is 0 Å². The van der Waals surface area contributed by atoms with Gasteiger partial charge in [-0.25, -0.2) is 0 Å². The van der Waals surface area contributed by atoms with Crippen molar-refractivity contribution < 1.29 is 14.3 Å². The lowest BCUT2D eigenvalue weighted by atomic mass is 10.2. The highest BCUT2D eigenvalue weighted by atomic mass is 16.5. The fourth-order valence-corrected chi connectivity index (χ4v) is 2.26. The van der Waals surface area contributed by atoms with E-state index < -0.39 is 0 Å². The summed E-state index contributed by atoms with van der Waals surface area (Å²) in [5.74, 6) is 1.34. The molecule has 0 saturated carbocycles. The molecule has 0 spiro atoms. The summed E-state index contributed by atoms with van der Waals surface area (Å²) >= 11 is 0. The van der Waals surface area contributed by atoms with Crippen LogP contribution < -0.4 is 14.8 Å². The molecular weight excluding hydrogens is 326 g/mol. The Morgan fingerprint density at radius 2 is 1.73 bits per heavy atom. The number of amides is 1. The summed E-state index contributed by atoms with van der Waals surface area (Å²) in [6.07, 6.45) is 6.33. The first-order chi connectivity index (χ1) is 12.7. The molecule has 1 amide bonds. The minimum Gasteiger partial charge on any atom is -0.494 e. The van der Waals surface area contributed by atoms with E-state index in [0.717, 1.165) is 30.6 Å². The number of carbonyl (C=O) groups is 1. The van der Waals surface area contributed by atoms with E-state index in [0.29, 0.717) is 24.7 Å². The van der Waals surface area contributed by atoms with Crippen molar-refractivity contribution in [2.75, 3.05) is 18.5 Å². The maximum Gasteiger partial charge on any atom is 0.248 e. The Morgan fingerprint density at radius 3 is 2.46 bits per heavy atom. The van der Waals surface area contributed by atoms with Crippen molar-refractivity contribution in [1.29, 1.82) is 0 Å². The van der Waals surface area contributed by atoms with Gasteiger partial charge in [0, 0.05) is 6.08 Å². The molecule has 0 unspecified atom stereocenters. The lowest BCUT2D eigenvalue weighted by molar-refractivity contribution is -0.111. The lowest BCUT2D eigenvalue weighted by Crippen LogP contribution is -2.09. The van der Waals surface area contributed by atoms with Crippen LogP contribution in [0.15, 0.2) is 54.6 Å². The first-order valence-corrected chi connectivity index (χ1v) is 9.16. The number of nitrogens with one attached hydrogen (secondary N) is 1. The average Bonchev–Trinajstić information content (AvgIpc) is 2.67. The van der Waals surface area contributed by atoms with Crippen LogP contribution in [0, 0.1) is 0 Å². The number of para-hydroxylation sites is 2. The van der Waals surface area contributed by atoms with Gasteiger partial charge in [0.15, 0.2) is 0 Å². The molecule has 0 aromatic heterocycles. The normalized spacial score (nSPS) is 10.7. The first kappa shape index (κ1) is 19.6. The second-order valence-electron chi connectivity index (χ2n) is 5.94. The zero-order chi connectivity index (χ0) is 18.6. The number of carbonyl (C=O) groups excluding carboxylic acids is 1. The first-order valence-electron chi connectivity index (χ1n) is 9.16. The molecule has 0 fully saturated rings. The van der Waals surface area contributed by atoms with Crippen LogP contribution in [0.2, 0.25) is 0 Å². The predicted octanol–water partition coefficient (Wildman–Crippen LogP) is 5.31. The van der Waals surface area contributed by atoms with Crippen LogP contribution in [-0.4, -0.2) is 19.1 Å². The minimum atomic E-state index is -0.192. The minimum absolute atomic E-state index is 0.192. The quantitative estimate of drug-likeness (QED) is 0.465. The Hall–Kier alpha value is -2.75. The standard InChI is InChI=1S/C22H27NO3/c1-3-5-17-26-21-9-7-6-8-20(21)23-22(24)15-12-18-10-13-19(14-11-18)25-16-4-2/h6-15H,3-5,16-17H2,1-2H3,(H,23,24)/b15-12+. The molecule has 4 nitrogen and oxygen atoms in total. The molecule has 0 atom stereocenters. The van der Waals surface area contributed by atoms with Gasteiger partial charge >= 0.3 is 0 Å². The Bertz CT molecular complexity index is 708. The SMILES string of the molecule is CCCCOc1ccccc1NC(=O)/C=C/c1ccc(OCCC)cc1. The zero-order valence-corrected chi connectivity index (χ0v) is 15.5. The molecule has 2 aromatic carbocycles. The number of hydrogen-bond acceptors (Lipinski definition) is 3. The summed E-state index contributed by atoms with van der Waals surface area (Å²) in [5.41, 5.74) is 1.62. The third-order valence-electron chi connectivity index (χ3n) is 3.68. The highest BCUT2D eigenvalue weighted by molar-refractivity contribution is 6.02. The average molecular weight is 353 g/mol. The van der Waals surface area contributed by atoms with Gasteiger partial charge in [0.25, 0.3) is 0 Å². The Morgan fingerprint density at radius 1 is 0.962 bits per heavy atom. The van der Waals surface area contributed by atoms with Crippen LogP contribution in [0.25, 0.3) is 6.08 Å². The van der Waals surface area contributed by atoms with Crippen LogP contribution in [0.5, 0.6) is 11.5 Å². The van der Waals surface area contributed by atoms with Gasteiger partial charge in [0.05, 0.1) is 18.9 Å². The van der Waals surface area contributed by atoms with Crippen molar-refractivity contribution in [3.8, 4) is 11.5 Å². The summed E-state index contributed by atoms with van der Waals surface area (Å²) in [7, 11) is 0. The molecular formula is C22H27NO3. The van der Waals surface area contributed by atoms with Crippen molar-refractivity contribution in [2.24, 2.45) is 0 Å². The van der Waals surface area contributed by atoms with Crippen LogP contribution in [0.4, 0.5) is 5.69 Å². The summed E-state index contributed by atoms with van der Waals surface area (Å²) in [4.78, 5) is 12.2. The maximum absolute atomic E-state index is 12.2. The molecule has 2 aromatic rings. The van der Waals surface area contributed by atoms with Gasteiger partial charge in [-0.05, 0) is 48.7 Å². The molecule has 0 saturated heterocycles. The van der Waals surface area contributed by atoms with E-state index in [2.05, 4.69) is 19.2 Å². The molecule has 0 radical (unpaired) electrons. The summed E-state index contributed by atoms with van der Waals surface area (Å²) in [6, 6.07) is 15.1. The predicted molar refractivity (Wildman–Crippen MR) is 107 cm³/mol. The molecule has 2 rings (SSSR count). The number of unbranched alkanes of at least 4 members (excludes halogenated alkanes) is 1. The van der Waals surface area contributed by atoms with Crippen molar-refractivity contribution in [1.82, 2.24) is 0 Å². The second kappa shape index (κ2) is 11.0. The smallest absolute Gasteiger partial charge is 0.248 e. The van der Waals surface area contributed by atoms with Gasteiger partial charge in [0.2, 0.25) is 5.91 Å². The number of rotatable bonds is 10. The van der Waals surface area contributed by atoms with Crippen molar-refractivity contribution in [2.45, 2.75) is 33.1 Å². The molecule has 0 aliphatic heterocycles. The largest absolute Gasteiger partial charge is 0.494 e. The van der Waals surface area contributed by atoms with Gasteiger partial charge < -0.3 is 14.8 Å². The third kappa shape index (κ3) is 6.63. The summed E-state index contributed by atoms with van der Waals surface area (Å²) in [5, 5.41) is 2.87. The Kier molecular flexibility index (Phi) is 8.27. The third-order valence-corrected chi connectivity index (χ3v) is 3.68. The van der Waals surface area contributed by atoms with Gasteiger partial charge in [-0.3, -0.25) is 4.79 Å². The van der Waals surface area contributed by atoms with Crippen LogP contribution >= 0.6 is 0 Å². The van der Waals surface area contributed by atoms with E-state index in [1.165, 1.54) is 6.08 Å². The van der Waals surface area contributed by atoms with Crippen molar-refractivity contribution in [3.05, 3.63) is 60.2 Å². The number of ether oxygens (including phenoxy) is 2. The highest BCUT2D eigenvalue weighted by Gasteiger charge is 2.05.